The van der Waals surface area contributed by atoms with Crippen molar-refractivity contribution in [2.24, 2.45) is 5.92 Å². The van der Waals surface area contributed by atoms with Crippen LogP contribution in [-0.4, -0.2) is 47.3 Å². The molecule has 3 aliphatic heterocycles. The number of hydrogen-bond donors (Lipinski definition) is 3. The maximum Gasteiger partial charge on any atom is 0.255 e. The topological polar surface area (TPSA) is 90.5 Å². The molecule has 4 aliphatic rings. The Hall–Kier alpha value is -2.25. The van der Waals surface area contributed by atoms with Gasteiger partial charge in [-0.1, -0.05) is 18.2 Å². The van der Waals surface area contributed by atoms with Crippen molar-refractivity contribution in [1.82, 2.24) is 20.9 Å². The van der Waals surface area contributed by atoms with Crippen molar-refractivity contribution in [3.8, 4) is 0 Å². The molecule has 5 rings (SSSR count). The van der Waals surface area contributed by atoms with E-state index in [1.54, 1.807) is 4.90 Å². The molecular formula is C22H28N4O3. The summed E-state index contributed by atoms with van der Waals surface area (Å²) in [6.45, 7) is 3.11. The summed E-state index contributed by atoms with van der Waals surface area (Å²) in [5.41, 5.74) is 3.10. The Morgan fingerprint density at radius 1 is 1.21 bits per heavy atom. The van der Waals surface area contributed by atoms with Gasteiger partial charge in [0.1, 0.15) is 6.04 Å². The summed E-state index contributed by atoms with van der Waals surface area (Å²) in [5, 5.41) is 9.62. The number of piperidine rings is 1. The molecule has 154 valence electrons. The highest BCUT2D eigenvalue weighted by molar-refractivity contribution is 6.05. The molecule has 29 heavy (non-hydrogen) atoms. The Morgan fingerprint density at radius 2 is 2.07 bits per heavy atom. The van der Waals surface area contributed by atoms with Gasteiger partial charge in [-0.15, -0.1) is 0 Å². The molecular weight excluding hydrogens is 368 g/mol. The van der Waals surface area contributed by atoms with Crippen molar-refractivity contribution in [2.75, 3.05) is 13.1 Å². The van der Waals surface area contributed by atoms with Gasteiger partial charge in [0.2, 0.25) is 11.8 Å². The van der Waals surface area contributed by atoms with Crippen molar-refractivity contribution in [3.05, 3.63) is 34.9 Å². The number of nitrogens with zero attached hydrogens (tertiary/aromatic N) is 1. The van der Waals surface area contributed by atoms with Crippen molar-refractivity contribution < 1.29 is 14.4 Å². The van der Waals surface area contributed by atoms with Crippen LogP contribution in [0, 0.1) is 5.92 Å². The molecule has 3 heterocycles. The van der Waals surface area contributed by atoms with Gasteiger partial charge in [-0.25, -0.2) is 0 Å². The number of hydrogen-bond acceptors (Lipinski definition) is 5. The maximum atomic E-state index is 13.1. The van der Waals surface area contributed by atoms with Crippen LogP contribution in [0.15, 0.2) is 18.2 Å². The van der Waals surface area contributed by atoms with Gasteiger partial charge in [0.15, 0.2) is 0 Å². The molecule has 0 radical (unpaired) electrons. The van der Waals surface area contributed by atoms with Crippen LogP contribution in [0.5, 0.6) is 0 Å². The van der Waals surface area contributed by atoms with Crippen molar-refractivity contribution >= 4 is 17.7 Å². The lowest BCUT2D eigenvalue weighted by atomic mass is 9.74. The molecule has 3 amide bonds. The molecule has 2 saturated heterocycles. The summed E-state index contributed by atoms with van der Waals surface area (Å²) in [5.74, 6) is -0.0725. The quantitative estimate of drug-likeness (QED) is 0.648. The molecule has 7 heteroatoms. The minimum Gasteiger partial charge on any atom is -0.322 e. The van der Waals surface area contributed by atoms with Gasteiger partial charge in [-0.05, 0) is 62.2 Å². The van der Waals surface area contributed by atoms with Gasteiger partial charge in [0.05, 0.1) is 0 Å². The number of nitrogens with one attached hydrogen (secondary N) is 3. The number of fused-ring (bicyclic) bond motifs is 1. The van der Waals surface area contributed by atoms with E-state index in [2.05, 4.69) is 16.0 Å². The van der Waals surface area contributed by atoms with E-state index in [0.717, 1.165) is 29.8 Å². The number of imide groups is 1. The Bertz CT molecular complexity index is 864. The fourth-order valence-corrected chi connectivity index (χ4v) is 5.43. The Kier molecular flexibility index (Phi) is 4.67. The van der Waals surface area contributed by atoms with Crippen LogP contribution in [0.3, 0.4) is 0 Å². The van der Waals surface area contributed by atoms with Crippen molar-refractivity contribution in [3.63, 3.8) is 0 Å². The number of amides is 3. The van der Waals surface area contributed by atoms with Gasteiger partial charge < -0.3 is 15.5 Å². The first kappa shape index (κ1) is 18.8. The highest BCUT2D eigenvalue weighted by atomic mass is 16.2. The summed E-state index contributed by atoms with van der Waals surface area (Å²) < 4.78 is 0. The van der Waals surface area contributed by atoms with Crippen LogP contribution in [0.1, 0.15) is 60.0 Å². The average molecular weight is 396 g/mol. The lowest BCUT2D eigenvalue weighted by Gasteiger charge is -2.38. The van der Waals surface area contributed by atoms with E-state index in [1.807, 2.05) is 18.2 Å². The molecule has 1 spiro atoms. The van der Waals surface area contributed by atoms with Gasteiger partial charge in [0.25, 0.3) is 5.91 Å². The van der Waals surface area contributed by atoms with E-state index >= 15 is 0 Å². The molecule has 2 atom stereocenters. The Labute approximate surface area is 170 Å². The largest absolute Gasteiger partial charge is 0.322 e. The van der Waals surface area contributed by atoms with E-state index in [1.165, 1.54) is 25.7 Å². The summed E-state index contributed by atoms with van der Waals surface area (Å²) in [7, 11) is 0. The fourth-order valence-electron chi connectivity index (χ4n) is 5.43. The third-order valence-corrected chi connectivity index (χ3v) is 7.14. The lowest BCUT2D eigenvalue weighted by Crippen LogP contribution is -2.52. The number of rotatable bonds is 5. The van der Waals surface area contributed by atoms with E-state index in [4.69, 9.17) is 0 Å². The van der Waals surface area contributed by atoms with Crippen LogP contribution in [0.2, 0.25) is 0 Å². The zero-order valence-electron chi connectivity index (χ0n) is 16.6. The normalized spacial score (nSPS) is 27.9. The molecule has 1 aromatic rings. The monoisotopic (exact) mass is 396 g/mol. The Balaban J connectivity index is 1.23. The number of benzene rings is 1. The summed E-state index contributed by atoms with van der Waals surface area (Å²) in [6.07, 6.45) is 5.88. The van der Waals surface area contributed by atoms with Gasteiger partial charge in [-0.2, -0.15) is 0 Å². The van der Waals surface area contributed by atoms with Crippen molar-refractivity contribution in [1.29, 1.82) is 0 Å². The Morgan fingerprint density at radius 3 is 2.79 bits per heavy atom. The first-order valence-electron chi connectivity index (χ1n) is 10.8. The first-order valence-corrected chi connectivity index (χ1v) is 10.8. The van der Waals surface area contributed by atoms with E-state index in [9.17, 15) is 14.4 Å². The SMILES string of the molecule is O=C1CCC(N2Cc3cccc(CNCC4CNC5(CCC5)C4)c3C2=O)C(=O)N1. The molecule has 3 fully saturated rings. The second-order valence-corrected chi connectivity index (χ2v) is 9.07. The molecule has 0 bridgehead atoms. The van der Waals surface area contributed by atoms with Crippen LogP contribution in [0.25, 0.3) is 0 Å². The standard InChI is InChI=1S/C22H28N4O3/c27-18-6-5-17(20(28)25-18)26-13-16-4-1-3-15(19(16)21(26)29)12-23-10-14-9-22(24-11-14)7-2-8-22/h1,3-4,14,17,23-24H,2,5-13H2,(H,25,27,28). The highest BCUT2D eigenvalue weighted by Gasteiger charge is 2.43. The fraction of sp³-hybridized carbons (Fsp3) is 0.591. The minimum absolute atomic E-state index is 0.0946. The van der Waals surface area contributed by atoms with Crippen LogP contribution in [-0.2, 0) is 22.7 Å². The molecule has 3 N–H and O–H groups in total. The molecule has 1 aliphatic carbocycles. The predicted octanol–water partition coefficient (Wildman–Crippen LogP) is 1.07. The smallest absolute Gasteiger partial charge is 0.255 e. The summed E-state index contributed by atoms with van der Waals surface area (Å²) in [4.78, 5) is 38.4. The molecule has 2 unspecified atom stereocenters. The summed E-state index contributed by atoms with van der Waals surface area (Å²) >= 11 is 0. The van der Waals surface area contributed by atoms with Crippen LogP contribution >= 0.6 is 0 Å². The van der Waals surface area contributed by atoms with Gasteiger partial charge in [-0.3, -0.25) is 19.7 Å². The number of carbonyl (C=O) groups is 3. The second-order valence-electron chi connectivity index (χ2n) is 9.07. The summed E-state index contributed by atoms with van der Waals surface area (Å²) in [6, 6.07) is 5.39. The van der Waals surface area contributed by atoms with Crippen molar-refractivity contribution in [2.45, 2.75) is 63.2 Å². The van der Waals surface area contributed by atoms with Crippen LogP contribution < -0.4 is 16.0 Å². The zero-order valence-corrected chi connectivity index (χ0v) is 16.6. The minimum atomic E-state index is -0.559. The van der Waals surface area contributed by atoms with E-state index in [-0.39, 0.29) is 24.1 Å². The predicted molar refractivity (Wildman–Crippen MR) is 107 cm³/mol. The third-order valence-electron chi connectivity index (χ3n) is 7.14. The van der Waals surface area contributed by atoms with Gasteiger partial charge in [0, 0.05) is 30.6 Å². The van der Waals surface area contributed by atoms with Gasteiger partial charge >= 0.3 is 0 Å². The molecule has 7 nitrogen and oxygen atoms in total. The zero-order chi connectivity index (χ0) is 20.0. The second kappa shape index (κ2) is 7.22. The number of carbonyl (C=O) groups excluding carboxylic acids is 3. The lowest BCUT2D eigenvalue weighted by molar-refractivity contribution is -0.136. The van der Waals surface area contributed by atoms with E-state index < -0.39 is 6.04 Å². The van der Waals surface area contributed by atoms with Crippen LogP contribution in [0.4, 0.5) is 0 Å². The maximum absolute atomic E-state index is 13.1. The average Bonchev–Trinajstić information content (AvgIpc) is 3.25. The molecule has 1 aromatic carbocycles. The molecule has 0 aromatic heterocycles. The molecule has 1 saturated carbocycles. The third kappa shape index (κ3) is 3.36. The van der Waals surface area contributed by atoms with E-state index in [0.29, 0.717) is 31.0 Å². The first-order chi connectivity index (χ1) is 14.0. The highest BCUT2D eigenvalue weighted by Crippen LogP contribution is 2.40.